The molecule has 0 aliphatic heterocycles. The molecule has 10 nitrogen and oxygen atoms in total. The second-order valence-corrected chi connectivity index (χ2v) is 14.2. The minimum atomic E-state index is -3.63. The van der Waals surface area contributed by atoms with Crippen molar-refractivity contribution >= 4 is 33.4 Å². The molecule has 0 aliphatic rings. The zero-order chi connectivity index (χ0) is 33.6. The molecule has 12 heteroatoms. The highest BCUT2D eigenvalue weighted by Crippen LogP contribution is 2.31. The second kappa shape index (κ2) is 14.2. The van der Waals surface area contributed by atoms with Gasteiger partial charge < -0.3 is 14.6 Å². The second-order valence-electron chi connectivity index (χ2n) is 12.1. The van der Waals surface area contributed by atoms with Crippen LogP contribution >= 0.6 is 0 Å². The van der Waals surface area contributed by atoms with Crippen molar-refractivity contribution in [3.8, 4) is 11.3 Å². The van der Waals surface area contributed by atoms with Gasteiger partial charge in [0, 0.05) is 42.4 Å². The molecule has 0 bridgehead atoms. The van der Waals surface area contributed by atoms with Crippen molar-refractivity contribution in [2.24, 2.45) is 0 Å². The number of nitrogens with zero attached hydrogens (tertiary/aromatic N) is 2. The number of halogens is 1. The van der Waals surface area contributed by atoms with E-state index in [1.54, 1.807) is 57.2 Å². The average Bonchev–Trinajstić information content (AvgIpc) is 3.48. The first-order chi connectivity index (χ1) is 21.6. The van der Waals surface area contributed by atoms with Gasteiger partial charge in [-0.15, -0.1) is 0 Å². The summed E-state index contributed by atoms with van der Waals surface area (Å²) in [6.07, 6.45) is 1.54. The molecule has 0 saturated heterocycles. The molecule has 46 heavy (non-hydrogen) atoms. The van der Waals surface area contributed by atoms with Crippen molar-refractivity contribution in [2.45, 2.75) is 52.1 Å². The molecule has 0 fully saturated rings. The molecule has 0 radical (unpaired) electrons. The standard InChI is InChI=1S/C34H39FN4O6S/c1-22(17-24-9-7-8-10-29(24)37-33(41)44-34(2,3)4)30-21-31(45-38-30)25-18-26(20-28(19-25)39(5)46(6,42)43)32(40)36-16-15-23-11-13-27(35)14-12-23/h7-14,18-22H,15-17H2,1-6H3,(H,36,40)(H,37,41)/t22-/m1/s1. The van der Waals surface area contributed by atoms with Gasteiger partial charge in [-0.2, -0.15) is 0 Å². The Balaban J connectivity index is 1.54. The van der Waals surface area contributed by atoms with E-state index in [0.717, 1.165) is 21.7 Å². The fourth-order valence-corrected chi connectivity index (χ4v) is 5.15. The van der Waals surface area contributed by atoms with E-state index < -0.39 is 27.6 Å². The number of para-hydroxylation sites is 1. The Kier molecular flexibility index (Phi) is 10.5. The summed E-state index contributed by atoms with van der Waals surface area (Å²) in [5.41, 5.74) is 3.33. The molecule has 1 aromatic heterocycles. The Bertz CT molecular complexity index is 1800. The van der Waals surface area contributed by atoms with Gasteiger partial charge in [0.25, 0.3) is 5.91 Å². The van der Waals surface area contributed by atoms with E-state index in [1.165, 1.54) is 25.2 Å². The third-order valence-electron chi connectivity index (χ3n) is 7.15. The van der Waals surface area contributed by atoms with Crippen molar-refractivity contribution in [3.63, 3.8) is 0 Å². The van der Waals surface area contributed by atoms with Crippen LogP contribution in [-0.4, -0.2) is 51.0 Å². The van der Waals surface area contributed by atoms with Crippen LogP contribution in [-0.2, 0) is 27.6 Å². The van der Waals surface area contributed by atoms with Crippen molar-refractivity contribution < 1.29 is 31.7 Å². The van der Waals surface area contributed by atoms with Crippen LogP contribution < -0.4 is 14.9 Å². The first-order valence-corrected chi connectivity index (χ1v) is 16.6. The van der Waals surface area contributed by atoms with Gasteiger partial charge in [-0.1, -0.05) is 42.4 Å². The van der Waals surface area contributed by atoms with Gasteiger partial charge in [-0.05, 0) is 81.1 Å². The van der Waals surface area contributed by atoms with Gasteiger partial charge in [0.05, 0.1) is 17.6 Å². The number of ether oxygens (including phenoxy) is 1. The summed E-state index contributed by atoms with van der Waals surface area (Å²) in [4.78, 5) is 25.6. The zero-order valence-corrected chi connectivity index (χ0v) is 27.6. The number of rotatable bonds is 11. The predicted octanol–water partition coefficient (Wildman–Crippen LogP) is 6.54. The van der Waals surface area contributed by atoms with Crippen LogP contribution in [0.3, 0.4) is 0 Å². The van der Waals surface area contributed by atoms with E-state index in [1.807, 2.05) is 25.1 Å². The van der Waals surface area contributed by atoms with Crippen LogP contribution in [0.1, 0.15) is 60.8 Å². The van der Waals surface area contributed by atoms with Crippen LogP contribution in [0, 0.1) is 5.82 Å². The molecule has 0 spiro atoms. The van der Waals surface area contributed by atoms with Gasteiger partial charge >= 0.3 is 6.09 Å². The quantitative estimate of drug-likeness (QED) is 0.188. The third kappa shape index (κ3) is 9.40. The average molecular weight is 651 g/mol. The highest BCUT2D eigenvalue weighted by Gasteiger charge is 2.21. The number of amides is 2. The van der Waals surface area contributed by atoms with E-state index in [-0.39, 0.29) is 23.0 Å². The number of hydrogen-bond donors (Lipinski definition) is 2. The van der Waals surface area contributed by atoms with E-state index >= 15 is 0 Å². The molecule has 1 heterocycles. The fourth-order valence-electron chi connectivity index (χ4n) is 4.66. The summed E-state index contributed by atoms with van der Waals surface area (Å²) in [5.74, 6) is -0.521. The number of aromatic nitrogens is 1. The molecule has 4 rings (SSSR count). The highest BCUT2D eigenvalue weighted by atomic mass is 32.2. The summed E-state index contributed by atoms with van der Waals surface area (Å²) in [6, 6.07) is 19.9. The lowest BCUT2D eigenvalue weighted by Gasteiger charge is -2.21. The van der Waals surface area contributed by atoms with Crippen molar-refractivity contribution in [2.75, 3.05) is 29.5 Å². The summed E-state index contributed by atoms with van der Waals surface area (Å²) < 4.78 is 50.1. The van der Waals surface area contributed by atoms with Gasteiger partial charge in [0.1, 0.15) is 11.4 Å². The van der Waals surface area contributed by atoms with Crippen molar-refractivity contribution in [3.05, 3.63) is 101 Å². The Hall–Kier alpha value is -4.71. The molecule has 0 aliphatic carbocycles. The number of nitrogens with one attached hydrogen (secondary N) is 2. The normalized spacial score (nSPS) is 12.3. The van der Waals surface area contributed by atoms with E-state index in [9.17, 15) is 22.4 Å². The number of carbonyl (C=O) groups excluding carboxylic acids is 2. The molecule has 244 valence electrons. The minimum absolute atomic E-state index is 0.129. The van der Waals surface area contributed by atoms with Crippen LogP contribution in [0.15, 0.2) is 77.3 Å². The van der Waals surface area contributed by atoms with E-state index in [0.29, 0.717) is 42.1 Å². The Morgan fingerprint density at radius 2 is 1.74 bits per heavy atom. The molecule has 1 atom stereocenters. The summed E-state index contributed by atoms with van der Waals surface area (Å²) in [6.45, 7) is 7.65. The summed E-state index contributed by atoms with van der Waals surface area (Å²) >= 11 is 0. The third-order valence-corrected chi connectivity index (χ3v) is 8.36. The number of anilines is 2. The molecule has 0 saturated carbocycles. The maximum atomic E-state index is 13.2. The first-order valence-electron chi connectivity index (χ1n) is 14.8. The molecule has 2 N–H and O–H groups in total. The van der Waals surface area contributed by atoms with Crippen molar-refractivity contribution in [1.29, 1.82) is 0 Å². The maximum absolute atomic E-state index is 13.2. The molecule has 4 aromatic rings. The smallest absolute Gasteiger partial charge is 0.412 e. The summed E-state index contributed by atoms with van der Waals surface area (Å²) in [7, 11) is -2.23. The number of carbonyl (C=O) groups is 2. The Labute approximate surface area is 269 Å². The number of hydrogen-bond acceptors (Lipinski definition) is 7. The molecule has 0 unspecified atom stereocenters. The molecule has 2 amide bonds. The lowest BCUT2D eigenvalue weighted by atomic mass is 9.96. The van der Waals surface area contributed by atoms with Crippen LogP contribution in [0.4, 0.5) is 20.6 Å². The summed E-state index contributed by atoms with van der Waals surface area (Å²) in [5, 5.41) is 9.93. The number of sulfonamides is 1. The van der Waals surface area contributed by atoms with Crippen LogP contribution in [0.2, 0.25) is 0 Å². The molecular weight excluding hydrogens is 611 g/mol. The SMILES string of the molecule is C[C@H](Cc1ccccc1NC(=O)OC(C)(C)C)c1cc(-c2cc(C(=O)NCCc3ccc(F)cc3)cc(N(C)S(C)(=O)=O)c2)on1. The lowest BCUT2D eigenvalue weighted by molar-refractivity contribution is 0.0635. The Morgan fingerprint density at radius 3 is 2.41 bits per heavy atom. The van der Waals surface area contributed by atoms with Gasteiger partial charge in [-0.3, -0.25) is 14.4 Å². The topological polar surface area (TPSA) is 131 Å². The fraction of sp³-hybridized carbons (Fsp3) is 0.324. The largest absolute Gasteiger partial charge is 0.444 e. The van der Waals surface area contributed by atoms with E-state index in [4.69, 9.17) is 9.26 Å². The number of benzene rings is 3. The van der Waals surface area contributed by atoms with E-state index in [2.05, 4.69) is 15.8 Å². The van der Waals surface area contributed by atoms with Gasteiger partial charge in [0.15, 0.2) is 5.76 Å². The lowest BCUT2D eigenvalue weighted by Crippen LogP contribution is -2.27. The van der Waals surface area contributed by atoms with Crippen molar-refractivity contribution in [1.82, 2.24) is 10.5 Å². The highest BCUT2D eigenvalue weighted by molar-refractivity contribution is 7.92. The first kappa shape index (κ1) is 34.2. The monoisotopic (exact) mass is 650 g/mol. The maximum Gasteiger partial charge on any atom is 0.412 e. The van der Waals surface area contributed by atoms with Crippen LogP contribution in [0.25, 0.3) is 11.3 Å². The minimum Gasteiger partial charge on any atom is -0.444 e. The molecule has 3 aromatic carbocycles. The van der Waals surface area contributed by atoms with Crippen LogP contribution in [0.5, 0.6) is 0 Å². The molecular formula is C34H39FN4O6S. The zero-order valence-electron chi connectivity index (χ0n) is 26.8. The van der Waals surface area contributed by atoms with Gasteiger partial charge in [0.2, 0.25) is 10.0 Å². The van der Waals surface area contributed by atoms with Gasteiger partial charge in [-0.25, -0.2) is 17.6 Å². The predicted molar refractivity (Wildman–Crippen MR) is 176 cm³/mol. The Morgan fingerprint density at radius 1 is 1.04 bits per heavy atom.